The summed E-state index contributed by atoms with van der Waals surface area (Å²) in [5.41, 5.74) is 4.83. The molecule has 120 valence electrons. The number of piperidine rings is 1. The largest absolute Gasteiger partial charge is 0.330 e. The monoisotopic (exact) mass is 296 g/mol. The molecule has 0 aromatic heterocycles. The number of nitrogens with two attached hydrogens (primary N) is 1. The highest BCUT2D eigenvalue weighted by Crippen LogP contribution is 2.29. The third kappa shape index (κ3) is 3.55. The Balaban J connectivity index is 1.89. The second kappa shape index (κ2) is 7.22. The number of nitrogens with one attached hydrogen (secondary N) is 1. The number of hydrogen-bond donors (Lipinski definition) is 2. The van der Waals surface area contributed by atoms with Gasteiger partial charge in [-0.15, -0.1) is 0 Å². The number of carbonyl (C=O) groups excluding carboxylic acids is 2. The third-order valence-corrected chi connectivity index (χ3v) is 4.62. The number of imide groups is 1. The van der Waals surface area contributed by atoms with Crippen molar-refractivity contribution >= 4 is 11.9 Å². The van der Waals surface area contributed by atoms with Crippen molar-refractivity contribution in [2.45, 2.75) is 51.0 Å². The van der Waals surface area contributed by atoms with Gasteiger partial charge >= 0.3 is 6.03 Å². The summed E-state index contributed by atoms with van der Waals surface area (Å²) in [5, 5.41) is 2.95. The van der Waals surface area contributed by atoms with Crippen LogP contribution in [0.1, 0.15) is 45.4 Å². The van der Waals surface area contributed by atoms with Crippen LogP contribution >= 0.6 is 0 Å². The number of hydrogen-bond acceptors (Lipinski definition) is 4. The maximum atomic E-state index is 12.6. The molecule has 1 spiro atoms. The van der Waals surface area contributed by atoms with E-state index in [4.69, 9.17) is 5.73 Å². The van der Waals surface area contributed by atoms with Gasteiger partial charge in [0.15, 0.2) is 0 Å². The number of amides is 3. The van der Waals surface area contributed by atoms with Gasteiger partial charge in [0, 0.05) is 19.6 Å². The number of likely N-dealkylation sites (tertiary alicyclic amines) is 1. The lowest BCUT2D eigenvalue weighted by atomic mass is 9.87. The Morgan fingerprint density at radius 3 is 2.48 bits per heavy atom. The molecule has 2 aliphatic rings. The Hall–Kier alpha value is -1.14. The van der Waals surface area contributed by atoms with Crippen molar-refractivity contribution in [1.29, 1.82) is 0 Å². The average molecular weight is 296 g/mol. The van der Waals surface area contributed by atoms with Crippen LogP contribution in [0.4, 0.5) is 4.79 Å². The van der Waals surface area contributed by atoms with Gasteiger partial charge < -0.3 is 16.0 Å². The van der Waals surface area contributed by atoms with E-state index < -0.39 is 5.54 Å². The molecule has 0 atom stereocenters. The average Bonchev–Trinajstić information content (AvgIpc) is 2.71. The summed E-state index contributed by atoms with van der Waals surface area (Å²) in [6.07, 6.45) is 5.47. The van der Waals surface area contributed by atoms with Crippen molar-refractivity contribution in [3.8, 4) is 0 Å². The predicted octanol–water partition coefficient (Wildman–Crippen LogP) is 0.912. The molecule has 2 rings (SSSR count). The number of nitrogens with zero attached hydrogens (tertiary/aromatic N) is 2. The van der Waals surface area contributed by atoms with Crippen molar-refractivity contribution in [3.63, 3.8) is 0 Å². The maximum Gasteiger partial charge on any atom is 0.325 e. The van der Waals surface area contributed by atoms with Gasteiger partial charge in [0.25, 0.3) is 5.91 Å². The van der Waals surface area contributed by atoms with Gasteiger partial charge in [0.1, 0.15) is 5.54 Å². The molecule has 2 saturated heterocycles. The van der Waals surface area contributed by atoms with Crippen LogP contribution in [0.25, 0.3) is 0 Å². The summed E-state index contributed by atoms with van der Waals surface area (Å²) in [5.74, 6) is -0.0281. The van der Waals surface area contributed by atoms with Crippen molar-refractivity contribution in [3.05, 3.63) is 0 Å². The van der Waals surface area contributed by atoms with Crippen LogP contribution in [0.15, 0.2) is 0 Å². The molecule has 0 saturated carbocycles. The Morgan fingerprint density at radius 1 is 1.14 bits per heavy atom. The first-order chi connectivity index (χ1) is 10.1. The molecule has 3 amide bonds. The Kier molecular flexibility index (Phi) is 5.58. The topological polar surface area (TPSA) is 78.7 Å². The highest BCUT2D eigenvalue weighted by Gasteiger charge is 2.51. The van der Waals surface area contributed by atoms with E-state index in [1.165, 1.54) is 17.7 Å². The smallest absolute Gasteiger partial charge is 0.325 e. The lowest BCUT2D eigenvalue weighted by Crippen LogP contribution is -2.55. The van der Waals surface area contributed by atoms with E-state index in [0.717, 1.165) is 45.3 Å². The standard InChI is InChI=1S/C15H28N4O2/c1-2-3-9-18-11-6-15(7-12-18)13(20)19(14(21)17-15)10-5-4-8-16/h2-12,16H2,1H3,(H,17,21). The zero-order valence-electron chi connectivity index (χ0n) is 13.1. The van der Waals surface area contributed by atoms with Gasteiger partial charge in [-0.05, 0) is 45.2 Å². The number of rotatable bonds is 7. The minimum atomic E-state index is -0.636. The van der Waals surface area contributed by atoms with Crippen LogP contribution in [0.2, 0.25) is 0 Å². The summed E-state index contributed by atoms with van der Waals surface area (Å²) in [4.78, 5) is 28.4. The molecular formula is C15H28N4O2. The lowest BCUT2D eigenvalue weighted by molar-refractivity contribution is -0.133. The lowest BCUT2D eigenvalue weighted by Gasteiger charge is -2.37. The van der Waals surface area contributed by atoms with Gasteiger partial charge in [-0.2, -0.15) is 0 Å². The van der Waals surface area contributed by atoms with E-state index >= 15 is 0 Å². The van der Waals surface area contributed by atoms with Gasteiger partial charge in [-0.1, -0.05) is 13.3 Å². The fourth-order valence-corrected chi connectivity index (χ4v) is 3.17. The van der Waals surface area contributed by atoms with Crippen LogP contribution in [-0.2, 0) is 4.79 Å². The first-order valence-corrected chi connectivity index (χ1v) is 8.19. The molecule has 0 unspecified atom stereocenters. The molecule has 6 heteroatoms. The zero-order chi connectivity index (χ0) is 15.3. The number of urea groups is 1. The van der Waals surface area contributed by atoms with Crippen LogP contribution in [0, 0.1) is 0 Å². The van der Waals surface area contributed by atoms with E-state index in [-0.39, 0.29) is 11.9 Å². The molecule has 3 N–H and O–H groups in total. The van der Waals surface area contributed by atoms with Gasteiger partial charge in [0.05, 0.1) is 0 Å². The minimum Gasteiger partial charge on any atom is -0.330 e. The second-order valence-electron chi connectivity index (χ2n) is 6.16. The van der Waals surface area contributed by atoms with Crippen LogP contribution in [0.3, 0.4) is 0 Å². The van der Waals surface area contributed by atoms with Crippen molar-refractivity contribution in [2.75, 3.05) is 32.7 Å². The highest BCUT2D eigenvalue weighted by atomic mass is 16.2. The van der Waals surface area contributed by atoms with E-state index in [2.05, 4.69) is 17.1 Å². The zero-order valence-corrected chi connectivity index (χ0v) is 13.1. The van der Waals surface area contributed by atoms with Gasteiger partial charge in [0.2, 0.25) is 0 Å². The fraction of sp³-hybridized carbons (Fsp3) is 0.867. The Labute approximate surface area is 127 Å². The molecular weight excluding hydrogens is 268 g/mol. The molecule has 2 aliphatic heterocycles. The van der Waals surface area contributed by atoms with E-state index in [1.807, 2.05) is 0 Å². The molecule has 0 aliphatic carbocycles. The summed E-state index contributed by atoms with van der Waals surface area (Å²) < 4.78 is 0. The first kappa shape index (κ1) is 16.2. The minimum absolute atomic E-state index is 0.0281. The van der Waals surface area contributed by atoms with E-state index in [0.29, 0.717) is 13.1 Å². The van der Waals surface area contributed by atoms with Crippen LogP contribution < -0.4 is 11.1 Å². The fourth-order valence-electron chi connectivity index (χ4n) is 3.17. The van der Waals surface area contributed by atoms with Crippen molar-refractivity contribution in [1.82, 2.24) is 15.1 Å². The summed E-state index contributed by atoms with van der Waals surface area (Å²) in [6.45, 7) is 6.15. The van der Waals surface area contributed by atoms with Crippen LogP contribution in [-0.4, -0.2) is 60.0 Å². The first-order valence-electron chi connectivity index (χ1n) is 8.19. The molecule has 0 aromatic carbocycles. The molecule has 0 aromatic rings. The normalized spacial score (nSPS) is 22.1. The highest BCUT2D eigenvalue weighted by molar-refractivity contribution is 6.07. The summed E-state index contributed by atoms with van der Waals surface area (Å²) in [7, 11) is 0. The van der Waals surface area contributed by atoms with E-state index in [1.54, 1.807) is 0 Å². The molecule has 0 bridgehead atoms. The molecule has 6 nitrogen and oxygen atoms in total. The molecule has 2 fully saturated rings. The van der Waals surface area contributed by atoms with Gasteiger partial charge in [-0.3, -0.25) is 9.69 Å². The van der Waals surface area contributed by atoms with Crippen molar-refractivity contribution < 1.29 is 9.59 Å². The second-order valence-corrected chi connectivity index (χ2v) is 6.16. The summed E-state index contributed by atoms with van der Waals surface area (Å²) >= 11 is 0. The van der Waals surface area contributed by atoms with Crippen LogP contribution in [0.5, 0.6) is 0 Å². The molecule has 21 heavy (non-hydrogen) atoms. The molecule has 2 heterocycles. The van der Waals surface area contributed by atoms with Crippen molar-refractivity contribution in [2.24, 2.45) is 5.73 Å². The summed E-state index contributed by atoms with van der Waals surface area (Å²) in [6, 6.07) is -0.223. The Bertz CT molecular complexity index is 378. The predicted molar refractivity (Wildman–Crippen MR) is 81.8 cm³/mol. The SMILES string of the molecule is CCCCN1CCC2(CC1)NC(=O)N(CCCCN)C2=O. The Morgan fingerprint density at radius 2 is 1.86 bits per heavy atom. The van der Waals surface area contributed by atoms with Gasteiger partial charge in [-0.25, -0.2) is 4.79 Å². The van der Waals surface area contributed by atoms with E-state index in [9.17, 15) is 9.59 Å². The number of unbranched alkanes of at least 4 members (excludes halogenated alkanes) is 2. The molecule has 0 radical (unpaired) electrons. The third-order valence-electron chi connectivity index (χ3n) is 4.62. The maximum absolute atomic E-state index is 12.6. The number of carbonyl (C=O) groups is 2. The quantitative estimate of drug-likeness (QED) is 0.541.